The average molecular weight is 369 g/mol. The molecule has 0 bridgehead atoms. The molecule has 7 heteroatoms. The summed E-state index contributed by atoms with van der Waals surface area (Å²) in [6.07, 6.45) is 1.61. The fraction of sp³-hybridized carbons (Fsp3) is 0.263. The van der Waals surface area contributed by atoms with Crippen molar-refractivity contribution in [2.24, 2.45) is 0 Å². The Morgan fingerprint density at radius 2 is 1.92 bits per heavy atom. The van der Waals surface area contributed by atoms with Crippen LogP contribution in [0.3, 0.4) is 0 Å². The van der Waals surface area contributed by atoms with Gasteiger partial charge in [-0.25, -0.2) is 4.98 Å². The fourth-order valence-corrected chi connectivity index (χ4v) is 3.77. The Hall–Kier alpha value is -2.80. The smallest absolute Gasteiger partial charge is 0.273 e. The van der Waals surface area contributed by atoms with E-state index in [0.29, 0.717) is 24.5 Å². The van der Waals surface area contributed by atoms with E-state index in [0.717, 1.165) is 29.5 Å². The molecule has 2 aromatic heterocycles. The van der Waals surface area contributed by atoms with Crippen LogP contribution in [0.5, 0.6) is 5.75 Å². The lowest BCUT2D eigenvalue weighted by Gasteiger charge is -2.35. The molecule has 3 aromatic rings. The molecule has 26 heavy (non-hydrogen) atoms. The zero-order valence-corrected chi connectivity index (χ0v) is 15.2. The number of methoxy groups -OCH3 is 1. The van der Waals surface area contributed by atoms with Crippen LogP contribution in [0.15, 0.2) is 52.5 Å². The number of amides is 1. The molecule has 1 aromatic carbocycles. The molecule has 1 fully saturated rings. The highest BCUT2D eigenvalue weighted by Crippen LogP contribution is 2.25. The van der Waals surface area contributed by atoms with Crippen LogP contribution in [-0.4, -0.2) is 49.1 Å². The van der Waals surface area contributed by atoms with E-state index >= 15 is 0 Å². The third-order valence-corrected chi connectivity index (χ3v) is 5.32. The molecule has 4 rings (SSSR count). The molecule has 0 aliphatic carbocycles. The van der Waals surface area contributed by atoms with Gasteiger partial charge < -0.3 is 19.0 Å². The molecule has 1 amide bonds. The van der Waals surface area contributed by atoms with E-state index in [-0.39, 0.29) is 5.91 Å². The van der Waals surface area contributed by atoms with Crippen LogP contribution in [0, 0.1) is 0 Å². The number of carbonyl (C=O) groups is 1. The van der Waals surface area contributed by atoms with E-state index in [2.05, 4.69) is 9.88 Å². The molecular weight excluding hydrogens is 350 g/mol. The average Bonchev–Trinajstić information content (AvgIpc) is 3.39. The molecule has 0 N–H and O–H groups in total. The van der Waals surface area contributed by atoms with E-state index in [1.54, 1.807) is 18.8 Å². The van der Waals surface area contributed by atoms with Gasteiger partial charge >= 0.3 is 0 Å². The van der Waals surface area contributed by atoms with E-state index in [1.165, 1.54) is 11.3 Å². The fourth-order valence-electron chi connectivity index (χ4n) is 3.01. The number of hydrogen-bond donors (Lipinski definition) is 0. The Morgan fingerprint density at radius 1 is 1.15 bits per heavy atom. The van der Waals surface area contributed by atoms with E-state index in [4.69, 9.17) is 9.15 Å². The van der Waals surface area contributed by atoms with E-state index in [9.17, 15) is 4.79 Å². The van der Waals surface area contributed by atoms with Crippen LogP contribution in [0.4, 0.5) is 5.69 Å². The van der Waals surface area contributed by atoms with Crippen LogP contribution in [0.25, 0.3) is 10.8 Å². The molecule has 0 unspecified atom stereocenters. The number of anilines is 1. The second-order valence-corrected chi connectivity index (χ2v) is 6.85. The molecule has 0 radical (unpaired) electrons. The first-order chi connectivity index (χ1) is 12.7. The van der Waals surface area contributed by atoms with Gasteiger partial charge in [0, 0.05) is 37.2 Å². The Kier molecular flexibility index (Phi) is 4.62. The minimum absolute atomic E-state index is 0.0200. The van der Waals surface area contributed by atoms with Gasteiger partial charge in [-0.3, -0.25) is 4.79 Å². The largest absolute Gasteiger partial charge is 0.497 e. The number of furan rings is 1. The maximum absolute atomic E-state index is 12.7. The lowest BCUT2D eigenvalue weighted by molar-refractivity contribution is 0.0742. The molecule has 1 aliphatic heterocycles. The first-order valence-electron chi connectivity index (χ1n) is 8.42. The van der Waals surface area contributed by atoms with Gasteiger partial charge in [-0.1, -0.05) is 0 Å². The van der Waals surface area contributed by atoms with Gasteiger partial charge in [-0.2, -0.15) is 0 Å². The number of piperazine rings is 1. The molecule has 1 saturated heterocycles. The zero-order valence-electron chi connectivity index (χ0n) is 14.4. The van der Waals surface area contributed by atoms with Gasteiger partial charge in [0.1, 0.15) is 11.4 Å². The normalized spacial score (nSPS) is 14.5. The second-order valence-electron chi connectivity index (χ2n) is 5.99. The highest BCUT2D eigenvalue weighted by molar-refractivity contribution is 7.13. The summed E-state index contributed by atoms with van der Waals surface area (Å²) in [7, 11) is 1.66. The molecule has 0 spiro atoms. The number of nitrogens with zero attached hydrogens (tertiary/aromatic N) is 3. The zero-order chi connectivity index (χ0) is 17.9. The van der Waals surface area contributed by atoms with Crippen LogP contribution in [0.2, 0.25) is 0 Å². The van der Waals surface area contributed by atoms with E-state index < -0.39 is 0 Å². The quantitative estimate of drug-likeness (QED) is 0.706. The highest BCUT2D eigenvalue weighted by atomic mass is 32.1. The summed E-state index contributed by atoms with van der Waals surface area (Å²) in [4.78, 5) is 21.3. The highest BCUT2D eigenvalue weighted by Gasteiger charge is 2.24. The number of benzene rings is 1. The standard InChI is InChI=1S/C19H19N3O3S/c1-24-15-6-4-14(5-7-15)21-8-10-22(11-9-21)19(23)16-13-26-18(20-16)17-3-2-12-25-17/h2-7,12-13H,8-11H2,1H3. The molecule has 0 atom stereocenters. The summed E-state index contributed by atoms with van der Waals surface area (Å²) >= 11 is 1.43. The van der Waals surface area contributed by atoms with Crippen LogP contribution in [0.1, 0.15) is 10.5 Å². The van der Waals surface area contributed by atoms with Crippen LogP contribution >= 0.6 is 11.3 Å². The van der Waals surface area contributed by atoms with Crippen molar-refractivity contribution in [2.45, 2.75) is 0 Å². The number of rotatable bonds is 4. The first kappa shape index (κ1) is 16.7. The summed E-state index contributed by atoms with van der Waals surface area (Å²) in [6, 6.07) is 11.7. The van der Waals surface area contributed by atoms with Crippen molar-refractivity contribution in [3.63, 3.8) is 0 Å². The maximum atomic E-state index is 12.7. The van der Waals surface area contributed by atoms with Crippen molar-refractivity contribution in [2.75, 3.05) is 38.2 Å². The van der Waals surface area contributed by atoms with Crippen molar-refractivity contribution in [1.82, 2.24) is 9.88 Å². The lowest BCUT2D eigenvalue weighted by Crippen LogP contribution is -2.48. The van der Waals surface area contributed by atoms with Crippen molar-refractivity contribution in [1.29, 1.82) is 0 Å². The monoisotopic (exact) mass is 369 g/mol. The minimum Gasteiger partial charge on any atom is -0.497 e. The number of thiazole rings is 1. The SMILES string of the molecule is COc1ccc(N2CCN(C(=O)c3csc(-c4ccco4)n3)CC2)cc1. The number of carbonyl (C=O) groups excluding carboxylic acids is 1. The topological polar surface area (TPSA) is 58.8 Å². The third-order valence-electron chi connectivity index (χ3n) is 4.46. The Morgan fingerprint density at radius 3 is 2.58 bits per heavy atom. The molecule has 134 valence electrons. The van der Waals surface area contributed by atoms with E-state index in [1.807, 2.05) is 41.3 Å². The summed E-state index contributed by atoms with van der Waals surface area (Å²) in [5.74, 6) is 1.52. The van der Waals surface area contributed by atoms with Gasteiger partial charge in [-0.05, 0) is 36.4 Å². The van der Waals surface area contributed by atoms with Crippen LogP contribution in [-0.2, 0) is 0 Å². The van der Waals surface area contributed by atoms with Gasteiger partial charge in [0.25, 0.3) is 5.91 Å². The Labute approximate surface area is 155 Å². The van der Waals surface area contributed by atoms with Crippen molar-refractivity contribution in [3.8, 4) is 16.5 Å². The Balaban J connectivity index is 1.39. The number of aromatic nitrogens is 1. The predicted octanol–water partition coefficient (Wildman–Crippen LogP) is 3.37. The van der Waals surface area contributed by atoms with Gasteiger partial charge in [0.05, 0.1) is 13.4 Å². The Bertz CT molecular complexity index is 866. The molecular formula is C19H19N3O3S. The number of hydrogen-bond acceptors (Lipinski definition) is 6. The molecule has 0 saturated carbocycles. The lowest BCUT2D eigenvalue weighted by atomic mass is 10.2. The maximum Gasteiger partial charge on any atom is 0.273 e. The van der Waals surface area contributed by atoms with Crippen LogP contribution < -0.4 is 9.64 Å². The minimum atomic E-state index is -0.0200. The van der Waals surface area contributed by atoms with Crippen molar-refractivity contribution < 1.29 is 13.9 Å². The van der Waals surface area contributed by atoms with Crippen molar-refractivity contribution in [3.05, 3.63) is 53.7 Å². The predicted molar refractivity (Wildman–Crippen MR) is 101 cm³/mol. The summed E-state index contributed by atoms with van der Waals surface area (Å²) in [5, 5.41) is 2.53. The van der Waals surface area contributed by atoms with Gasteiger partial charge in [-0.15, -0.1) is 11.3 Å². The molecule has 3 heterocycles. The van der Waals surface area contributed by atoms with Crippen molar-refractivity contribution >= 4 is 22.9 Å². The molecule has 6 nitrogen and oxygen atoms in total. The summed E-state index contributed by atoms with van der Waals surface area (Å²) < 4.78 is 10.5. The third kappa shape index (κ3) is 3.30. The first-order valence-corrected chi connectivity index (χ1v) is 9.30. The summed E-state index contributed by atoms with van der Waals surface area (Å²) in [5.41, 5.74) is 1.63. The van der Waals surface area contributed by atoms with Gasteiger partial charge in [0.2, 0.25) is 0 Å². The number of ether oxygens (including phenoxy) is 1. The molecule has 1 aliphatic rings. The summed E-state index contributed by atoms with van der Waals surface area (Å²) in [6.45, 7) is 2.96. The second kappa shape index (κ2) is 7.21. The van der Waals surface area contributed by atoms with Gasteiger partial charge in [0.15, 0.2) is 10.8 Å².